The highest BCUT2D eigenvalue weighted by molar-refractivity contribution is 5.77. The van der Waals surface area contributed by atoms with Crippen LogP contribution in [-0.4, -0.2) is 41.1 Å². The van der Waals surface area contributed by atoms with Gasteiger partial charge in [-0.15, -0.1) is 0 Å². The first-order valence-corrected chi connectivity index (χ1v) is 4.85. The summed E-state index contributed by atoms with van der Waals surface area (Å²) < 4.78 is 0. The summed E-state index contributed by atoms with van der Waals surface area (Å²) >= 11 is 0. The van der Waals surface area contributed by atoms with Gasteiger partial charge in [0.1, 0.15) is 0 Å². The molecule has 4 heteroatoms. The molecule has 1 aliphatic heterocycles. The predicted octanol–water partition coefficient (Wildman–Crippen LogP) is -0.293. The lowest BCUT2D eigenvalue weighted by atomic mass is 10.1. The van der Waals surface area contributed by atoms with Crippen molar-refractivity contribution in [2.24, 2.45) is 5.73 Å². The third-order valence-electron chi connectivity index (χ3n) is 2.31. The monoisotopic (exact) mass is 186 g/mol. The van der Waals surface area contributed by atoms with Gasteiger partial charge in [-0.05, 0) is 6.42 Å². The van der Waals surface area contributed by atoms with Crippen LogP contribution in [-0.2, 0) is 4.79 Å². The molecule has 0 aromatic carbocycles. The van der Waals surface area contributed by atoms with E-state index in [-0.39, 0.29) is 18.1 Å². The quantitative estimate of drug-likeness (QED) is 0.634. The second kappa shape index (κ2) is 4.58. The summed E-state index contributed by atoms with van der Waals surface area (Å²) in [6.07, 6.45) is 2.01. The van der Waals surface area contributed by atoms with Crippen molar-refractivity contribution in [3.05, 3.63) is 0 Å². The molecule has 0 aromatic rings. The van der Waals surface area contributed by atoms with Gasteiger partial charge in [-0.1, -0.05) is 13.3 Å². The zero-order valence-corrected chi connectivity index (χ0v) is 8.07. The molecule has 4 nitrogen and oxygen atoms in total. The van der Waals surface area contributed by atoms with Crippen molar-refractivity contribution in [1.82, 2.24) is 4.90 Å². The zero-order chi connectivity index (χ0) is 9.84. The van der Waals surface area contributed by atoms with E-state index in [1.165, 1.54) is 0 Å². The van der Waals surface area contributed by atoms with Gasteiger partial charge in [-0.2, -0.15) is 0 Å². The Labute approximate surface area is 78.7 Å². The molecule has 3 N–H and O–H groups in total. The molecule has 1 amide bonds. The molecule has 1 fully saturated rings. The summed E-state index contributed by atoms with van der Waals surface area (Å²) in [5.41, 5.74) is 5.73. The highest BCUT2D eigenvalue weighted by atomic mass is 16.3. The second-order valence-corrected chi connectivity index (χ2v) is 3.71. The van der Waals surface area contributed by atoms with Crippen LogP contribution in [0.3, 0.4) is 0 Å². The fourth-order valence-corrected chi connectivity index (χ4v) is 1.49. The summed E-state index contributed by atoms with van der Waals surface area (Å²) in [4.78, 5) is 13.0. The molecular weight excluding hydrogens is 168 g/mol. The number of hydrogen-bond donors (Lipinski definition) is 2. The van der Waals surface area contributed by atoms with Crippen LogP contribution >= 0.6 is 0 Å². The Kier molecular flexibility index (Phi) is 3.69. The number of aliphatic hydroxyl groups is 1. The number of β-amino-alcohol motifs (C(OH)–C–C–N with tert-alkyl or cyclic N) is 1. The molecule has 0 aromatic heterocycles. The molecule has 0 saturated carbocycles. The highest BCUT2D eigenvalue weighted by Crippen LogP contribution is 2.10. The smallest absolute Gasteiger partial charge is 0.224 e. The minimum absolute atomic E-state index is 0.0183. The predicted molar refractivity (Wildman–Crippen MR) is 50.1 cm³/mol. The molecule has 13 heavy (non-hydrogen) atoms. The second-order valence-electron chi connectivity index (χ2n) is 3.71. The SMILES string of the molecule is CCCC(N)CC(=O)N1CC(O)C1. The van der Waals surface area contributed by atoms with E-state index in [9.17, 15) is 4.79 Å². The minimum Gasteiger partial charge on any atom is -0.389 e. The zero-order valence-electron chi connectivity index (χ0n) is 8.07. The first-order valence-electron chi connectivity index (χ1n) is 4.85. The van der Waals surface area contributed by atoms with Gasteiger partial charge in [-0.3, -0.25) is 4.79 Å². The van der Waals surface area contributed by atoms with Crippen LogP contribution in [0.15, 0.2) is 0 Å². The van der Waals surface area contributed by atoms with Crippen LogP contribution in [0.5, 0.6) is 0 Å². The molecular formula is C9H18N2O2. The van der Waals surface area contributed by atoms with E-state index in [0.717, 1.165) is 12.8 Å². The van der Waals surface area contributed by atoms with Crippen molar-refractivity contribution in [2.45, 2.75) is 38.3 Å². The number of aliphatic hydroxyl groups excluding tert-OH is 1. The summed E-state index contributed by atoms with van der Waals surface area (Å²) in [7, 11) is 0. The summed E-state index contributed by atoms with van der Waals surface area (Å²) in [6.45, 7) is 3.02. The fourth-order valence-electron chi connectivity index (χ4n) is 1.49. The molecule has 0 spiro atoms. The Morgan fingerprint density at radius 2 is 2.31 bits per heavy atom. The average molecular weight is 186 g/mol. The van der Waals surface area contributed by atoms with Crippen molar-refractivity contribution in [1.29, 1.82) is 0 Å². The molecule has 1 aliphatic rings. The number of carbonyl (C=O) groups is 1. The van der Waals surface area contributed by atoms with Gasteiger partial charge in [0.25, 0.3) is 0 Å². The van der Waals surface area contributed by atoms with Gasteiger partial charge in [-0.25, -0.2) is 0 Å². The van der Waals surface area contributed by atoms with Crippen molar-refractivity contribution in [3.63, 3.8) is 0 Å². The topological polar surface area (TPSA) is 66.6 Å². The van der Waals surface area contributed by atoms with Crippen LogP contribution in [0.4, 0.5) is 0 Å². The largest absolute Gasteiger partial charge is 0.389 e. The Morgan fingerprint density at radius 1 is 1.69 bits per heavy atom. The number of nitrogens with zero attached hydrogens (tertiary/aromatic N) is 1. The minimum atomic E-state index is -0.314. The maximum Gasteiger partial charge on any atom is 0.224 e. The molecule has 1 heterocycles. The first kappa shape index (κ1) is 10.5. The molecule has 1 rings (SSSR count). The fraction of sp³-hybridized carbons (Fsp3) is 0.889. The molecule has 76 valence electrons. The van der Waals surface area contributed by atoms with E-state index in [1.807, 2.05) is 0 Å². The van der Waals surface area contributed by atoms with E-state index < -0.39 is 0 Å². The molecule has 1 unspecified atom stereocenters. The lowest BCUT2D eigenvalue weighted by molar-refractivity contribution is -0.141. The van der Waals surface area contributed by atoms with Crippen LogP contribution in [0, 0.1) is 0 Å². The molecule has 1 atom stereocenters. The summed E-state index contributed by atoms with van der Waals surface area (Å²) in [5.74, 6) is 0.0752. The summed E-state index contributed by atoms with van der Waals surface area (Å²) in [6, 6.07) is -0.0183. The third kappa shape index (κ3) is 2.97. The van der Waals surface area contributed by atoms with Crippen molar-refractivity contribution in [3.8, 4) is 0 Å². The van der Waals surface area contributed by atoms with E-state index >= 15 is 0 Å². The van der Waals surface area contributed by atoms with Crippen LogP contribution in [0.1, 0.15) is 26.2 Å². The molecule has 1 saturated heterocycles. The van der Waals surface area contributed by atoms with Crippen LogP contribution in [0.2, 0.25) is 0 Å². The molecule has 0 aliphatic carbocycles. The Morgan fingerprint density at radius 3 is 2.77 bits per heavy atom. The summed E-state index contributed by atoms with van der Waals surface area (Å²) in [5, 5.41) is 8.98. The van der Waals surface area contributed by atoms with Gasteiger partial charge in [0.05, 0.1) is 6.10 Å². The van der Waals surface area contributed by atoms with Crippen molar-refractivity contribution < 1.29 is 9.90 Å². The number of rotatable bonds is 4. The van der Waals surface area contributed by atoms with Gasteiger partial charge in [0.2, 0.25) is 5.91 Å². The van der Waals surface area contributed by atoms with Gasteiger partial charge in [0, 0.05) is 25.6 Å². The van der Waals surface area contributed by atoms with E-state index in [1.54, 1.807) is 4.90 Å². The Bertz CT molecular complexity index is 178. The molecule has 0 bridgehead atoms. The van der Waals surface area contributed by atoms with Crippen LogP contribution in [0.25, 0.3) is 0 Å². The van der Waals surface area contributed by atoms with Gasteiger partial charge in [0.15, 0.2) is 0 Å². The third-order valence-corrected chi connectivity index (χ3v) is 2.31. The lowest BCUT2D eigenvalue weighted by Gasteiger charge is -2.36. The van der Waals surface area contributed by atoms with Crippen molar-refractivity contribution in [2.75, 3.05) is 13.1 Å². The lowest BCUT2D eigenvalue weighted by Crippen LogP contribution is -2.54. The Hall–Kier alpha value is -0.610. The normalized spacial score (nSPS) is 19.8. The number of likely N-dealkylation sites (tertiary alicyclic amines) is 1. The van der Waals surface area contributed by atoms with E-state index in [4.69, 9.17) is 10.8 Å². The standard InChI is InChI=1S/C9H18N2O2/c1-2-3-7(10)4-9(13)11-5-8(12)6-11/h7-8,12H,2-6,10H2,1H3. The van der Waals surface area contributed by atoms with E-state index in [0.29, 0.717) is 19.5 Å². The maximum atomic E-state index is 11.4. The number of nitrogens with two attached hydrogens (primary N) is 1. The highest BCUT2D eigenvalue weighted by Gasteiger charge is 2.28. The maximum absolute atomic E-state index is 11.4. The average Bonchev–Trinajstić information content (AvgIpc) is 1.99. The first-order chi connectivity index (χ1) is 6.13. The Balaban J connectivity index is 2.17. The molecule has 0 radical (unpaired) electrons. The van der Waals surface area contributed by atoms with Crippen LogP contribution < -0.4 is 5.73 Å². The number of hydrogen-bond acceptors (Lipinski definition) is 3. The number of carbonyl (C=O) groups excluding carboxylic acids is 1. The van der Waals surface area contributed by atoms with Gasteiger partial charge < -0.3 is 15.7 Å². The van der Waals surface area contributed by atoms with Crippen molar-refractivity contribution >= 4 is 5.91 Å². The van der Waals surface area contributed by atoms with E-state index in [2.05, 4.69) is 6.92 Å². The van der Waals surface area contributed by atoms with Gasteiger partial charge >= 0.3 is 0 Å². The number of amides is 1.